The zero-order chi connectivity index (χ0) is 27.5. The fourth-order valence-corrected chi connectivity index (χ4v) is 4.06. The molecule has 196 valence electrons. The Hall–Kier alpha value is -4.96. The number of carbonyl (C=O) groups excluding carboxylic acids is 2. The Balaban J connectivity index is 1.48. The minimum absolute atomic E-state index is 0.0279. The first-order chi connectivity index (χ1) is 18.8. The van der Waals surface area contributed by atoms with Gasteiger partial charge in [-0.2, -0.15) is 0 Å². The molecule has 0 aliphatic carbocycles. The highest BCUT2D eigenvalue weighted by atomic mass is 35.5. The van der Waals surface area contributed by atoms with Crippen molar-refractivity contribution in [2.24, 2.45) is 0 Å². The number of carbonyl (C=O) groups is 2. The van der Waals surface area contributed by atoms with E-state index in [1.165, 1.54) is 14.0 Å². The Morgan fingerprint density at radius 2 is 1.74 bits per heavy atom. The van der Waals surface area contributed by atoms with Gasteiger partial charge in [-0.05, 0) is 54.6 Å². The molecule has 0 unspecified atom stereocenters. The summed E-state index contributed by atoms with van der Waals surface area (Å²) in [6.45, 7) is 1.05. The minimum Gasteiger partial charge on any atom is -0.493 e. The molecule has 0 spiro atoms. The van der Waals surface area contributed by atoms with Crippen LogP contribution < -0.4 is 25.7 Å². The number of amides is 2. The van der Waals surface area contributed by atoms with E-state index in [0.29, 0.717) is 44.3 Å². The lowest BCUT2D eigenvalue weighted by Gasteiger charge is -2.13. The van der Waals surface area contributed by atoms with E-state index in [2.05, 4.69) is 20.6 Å². The summed E-state index contributed by atoms with van der Waals surface area (Å²) < 4.78 is 16.6. The quantitative estimate of drug-likeness (QED) is 0.215. The predicted molar refractivity (Wildman–Crippen MR) is 147 cm³/mol. The monoisotopic (exact) mass is 544 g/mol. The Bertz CT molecular complexity index is 1790. The average molecular weight is 545 g/mol. The van der Waals surface area contributed by atoms with Crippen LogP contribution in [0.1, 0.15) is 6.92 Å². The van der Waals surface area contributed by atoms with Gasteiger partial charge in [-0.3, -0.25) is 9.59 Å². The standard InChI is InChI=1S/C28H21ClN4O6/c1-15(34)30-27-24-25(19-5-3-4-6-20(19)39-28(24)36)32-26(33-27)16-7-12-21(22(13-16)37-2)38-14-23(35)31-18-10-8-17(29)9-11-18/h3-13H,14H2,1-2H3,(H,31,35)(H,30,32,33,34). The van der Waals surface area contributed by atoms with Crippen LogP contribution in [0.2, 0.25) is 5.02 Å². The molecule has 0 bridgehead atoms. The second kappa shape index (κ2) is 10.8. The van der Waals surface area contributed by atoms with Crippen molar-refractivity contribution in [3.8, 4) is 22.9 Å². The van der Waals surface area contributed by atoms with Gasteiger partial charge in [-0.15, -0.1) is 0 Å². The molecule has 0 fully saturated rings. The number of benzene rings is 3. The van der Waals surface area contributed by atoms with Crippen LogP contribution in [0.3, 0.4) is 0 Å². The molecule has 3 aromatic carbocycles. The van der Waals surface area contributed by atoms with Crippen LogP contribution >= 0.6 is 11.6 Å². The SMILES string of the molecule is COc1cc(-c2nc(NC(C)=O)c3c(=O)oc4ccccc4c3n2)ccc1OCC(=O)Nc1ccc(Cl)cc1. The molecule has 0 aliphatic rings. The summed E-state index contributed by atoms with van der Waals surface area (Å²) in [6.07, 6.45) is 0. The van der Waals surface area contributed by atoms with E-state index in [0.717, 1.165) is 0 Å². The lowest BCUT2D eigenvalue weighted by molar-refractivity contribution is -0.118. The van der Waals surface area contributed by atoms with Crippen LogP contribution in [0.4, 0.5) is 11.5 Å². The maximum Gasteiger partial charge on any atom is 0.349 e. The smallest absolute Gasteiger partial charge is 0.349 e. The number of halogens is 1. The van der Waals surface area contributed by atoms with E-state index in [9.17, 15) is 14.4 Å². The van der Waals surface area contributed by atoms with Crippen molar-refractivity contribution < 1.29 is 23.5 Å². The molecule has 2 heterocycles. The fourth-order valence-electron chi connectivity index (χ4n) is 3.94. The number of fused-ring (bicyclic) bond motifs is 3. The fraction of sp³-hybridized carbons (Fsp3) is 0.107. The number of rotatable bonds is 7. The van der Waals surface area contributed by atoms with E-state index in [1.807, 2.05) is 0 Å². The van der Waals surface area contributed by atoms with Crippen LogP contribution in [0.25, 0.3) is 33.3 Å². The first-order valence-corrected chi connectivity index (χ1v) is 12.1. The lowest BCUT2D eigenvalue weighted by atomic mass is 10.1. The molecule has 0 atom stereocenters. The number of aromatic nitrogens is 2. The molecule has 39 heavy (non-hydrogen) atoms. The molecule has 11 heteroatoms. The number of nitrogens with zero attached hydrogens (tertiary/aromatic N) is 2. The summed E-state index contributed by atoms with van der Waals surface area (Å²) in [5, 5.41) is 6.53. The third kappa shape index (κ3) is 5.51. The van der Waals surface area contributed by atoms with Crippen LogP contribution in [0.5, 0.6) is 11.5 Å². The molecule has 2 N–H and O–H groups in total. The molecule has 5 aromatic rings. The Labute approximate surface area is 226 Å². The van der Waals surface area contributed by atoms with E-state index in [1.54, 1.807) is 66.7 Å². The van der Waals surface area contributed by atoms with Gasteiger partial charge in [0.1, 0.15) is 11.0 Å². The number of methoxy groups -OCH3 is 1. The topological polar surface area (TPSA) is 133 Å². The summed E-state index contributed by atoms with van der Waals surface area (Å²) in [4.78, 5) is 46.1. The first kappa shape index (κ1) is 25.7. The lowest BCUT2D eigenvalue weighted by Crippen LogP contribution is -2.20. The highest BCUT2D eigenvalue weighted by Gasteiger charge is 2.19. The molecule has 0 radical (unpaired) electrons. The Kier molecular flexibility index (Phi) is 7.11. The molecule has 2 aromatic heterocycles. The number of hydrogen-bond donors (Lipinski definition) is 2. The maximum atomic E-state index is 12.8. The molecule has 10 nitrogen and oxygen atoms in total. The van der Waals surface area contributed by atoms with Crippen LogP contribution in [-0.4, -0.2) is 35.5 Å². The minimum atomic E-state index is -0.669. The third-order valence-corrected chi connectivity index (χ3v) is 5.91. The van der Waals surface area contributed by atoms with Gasteiger partial charge in [-0.1, -0.05) is 23.7 Å². The van der Waals surface area contributed by atoms with Crippen molar-refractivity contribution >= 4 is 56.8 Å². The predicted octanol–water partition coefficient (Wildman–Crippen LogP) is 5.04. The van der Waals surface area contributed by atoms with Crippen LogP contribution in [-0.2, 0) is 9.59 Å². The number of nitrogens with one attached hydrogen (secondary N) is 2. The second-order valence-corrected chi connectivity index (χ2v) is 8.83. The Morgan fingerprint density at radius 3 is 2.49 bits per heavy atom. The summed E-state index contributed by atoms with van der Waals surface area (Å²) in [5.41, 5.74) is 1.12. The van der Waals surface area contributed by atoms with Gasteiger partial charge in [0.15, 0.2) is 29.7 Å². The molecule has 0 saturated carbocycles. The normalized spacial score (nSPS) is 10.8. The van der Waals surface area contributed by atoms with E-state index >= 15 is 0 Å². The summed E-state index contributed by atoms with van der Waals surface area (Å²) in [5.74, 6) is 0.127. The molecule has 0 saturated heterocycles. The first-order valence-electron chi connectivity index (χ1n) is 11.7. The largest absolute Gasteiger partial charge is 0.493 e. The molecule has 0 aliphatic heterocycles. The van der Waals surface area contributed by atoms with E-state index in [4.69, 9.17) is 25.5 Å². The van der Waals surface area contributed by atoms with Gasteiger partial charge in [0.2, 0.25) is 5.91 Å². The number of para-hydroxylation sites is 1. The molecule has 2 amide bonds. The highest BCUT2D eigenvalue weighted by Crippen LogP contribution is 2.34. The summed E-state index contributed by atoms with van der Waals surface area (Å²) in [6, 6.07) is 18.6. The van der Waals surface area contributed by atoms with E-state index < -0.39 is 11.5 Å². The van der Waals surface area contributed by atoms with Crippen molar-refractivity contribution in [1.29, 1.82) is 0 Å². The van der Waals surface area contributed by atoms with Gasteiger partial charge in [0.05, 0.1) is 12.6 Å². The van der Waals surface area contributed by atoms with E-state index in [-0.39, 0.29) is 29.5 Å². The maximum absolute atomic E-state index is 12.8. The summed E-state index contributed by atoms with van der Waals surface area (Å²) in [7, 11) is 1.46. The Morgan fingerprint density at radius 1 is 0.974 bits per heavy atom. The zero-order valence-corrected chi connectivity index (χ0v) is 21.5. The number of ether oxygens (including phenoxy) is 2. The van der Waals surface area contributed by atoms with Gasteiger partial charge in [-0.25, -0.2) is 14.8 Å². The average Bonchev–Trinajstić information content (AvgIpc) is 2.92. The van der Waals surface area contributed by atoms with Gasteiger partial charge in [0, 0.05) is 28.6 Å². The van der Waals surface area contributed by atoms with Crippen LogP contribution in [0, 0.1) is 0 Å². The van der Waals surface area contributed by atoms with Crippen LogP contribution in [0.15, 0.2) is 75.9 Å². The number of anilines is 2. The molecular formula is C28H21ClN4O6. The molecule has 5 rings (SSSR count). The van der Waals surface area contributed by atoms with Crippen molar-refractivity contribution in [3.05, 3.63) is 82.2 Å². The van der Waals surface area contributed by atoms with Crippen molar-refractivity contribution in [2.45, 2.75) is 6.92 Å². The third-order valence-electron chi connectivity index (χ3n) is 5.66. The number of hydrogen-bond acceptors (Lipinski definition) is 8. The zero-order valence-electron chi connectivity index (χ0n) is 20.8. The van der Waals surface area contributed by atoms with Crippen molar-refractivity contribution in [1.82, 2.24) is 9.97 Å². The van der Waals surface area contributed by atoms with Crippen molar-refractivity contribution in [3.63, 3.8) is 0 Å². The van der Waals surface area contributed by atoms with Crippen molar-refractivity contribution in [2.75, 3.05) is 24.4 Å². The van der Waals surface area contributed by atoms with Gasteiger partial charge < -0.3 is 24.5 Å². The summed E-state index contributed by atoms with van der Waals surface area (Å²) >= 11 is 5.88. The van der Waals surface area contributed by atoms with Gasteiger partial charge >= 0.3 is 5.63 Å². The second-order valence-electron chi connectivity index (χ2n) is 8.40. The molecular weight excluding hydrogens is 524 g/mol. The highest BCUT2D eigenvalue weighted by molar-refractivity contribution is 6.30. The van der Waals surface area contributed by atoms with Gasteiger partial charge in [0.25, 0.3) is 5.91 Å².